The molecule has 21 heavy (non-hydrogen) atoms. The average Bonchev–Trinajstić information content (AvgIpc) is 2.99. The number of nitrogens with one attached hydrogen (secondary N) is 1. The number of ether oxygens (including phenoxy) is 1. The predicted molar refractivity (Wildman–Crippen MR) is 82.2 cm³/mol. The largest absolute Gasteiger partial charge is 0.481 e. The summed E-state index contributed by atoms with van der Waals surface area (Å²) in [5.74, 6) is 0.503. The van der Waals surface area contributed by atoms with Crippen LogP contribution in [0.25, 0.3) is 0 Å². The van der Waals surface area contributed by atoms with Gasteiger partial charge in [0.05, 0.1) is 6.10 Å². The molecule has 1 saturated carbocycles. The molecule has 1 aromatic rings. The van der Waals surface area contributed by atoms with Crippen molar-refractivity contribution >= 4 is 5.91 Å². The van der Waals surface area contributed by atoms with Crippen molar-refractivity contribution in [1.29, 1.82) is 0 Å². The molecular weight excluding hydrogens is 266 g/mol. The monoisotopic (exact) mass is 291 g/mol. The molecule has 1 aliphatic carbocycles. The molecule has 4 nitrogen and oxygen atoms in total. The number of aliphatic hydroxyl groups is 1. The second kappa shape index (κ2) is 7.46. The molecule has 1 unspecified atom stereocenters. The number of rotatable bonds is 6. The SMILES string of the molecule is CC[C@H](O)c1ccccc1OC(C)C(=O)NC1CCCC1. The van der Waals surface area contributed by atoms with E-state index in [0.717, 1.165) is 18.4 Å². The maximum absolute atomic E-state index is 12.2. The molecule has 4 heteroatoms. The summed E-state index contributed by atoms with van der Waals surface area (Å²) in [5.41, 5.74) is 0.737. The highest BCUT2D eigenvalue weighted by molar-refractivity contribution is 5.81. The van der Waals surface area contributed by atoms with E-state index in [1.54, 1.807) is 13.0 Å². The van der Waals surface area contributed by atoms with Gasteiger partial charge in [-0.25, -0.2) is 0 Å². The Balaban J connectivity index is 1.98. The minimum atomic E-state index is -0.564. The Morgan fingerprint density at radius 3 is 2.71 bits per heavy atom. The molecule has 0 radical (unpaired) electrons. The Bertz CT molecular complexity index is 469. The van der Waals surface area contributed by atoms with Crippen LogP contribution in [0.2, 0.25) is 0 Å². The zero-order valence-corrected chi connectivity index (χ0v) is 12.8. The third-order valence-electron chi connectivity index (χ3n) is 4.04. The van der Waals surface area contributed by atoms with Crippen LogP contribution in [0.3, 0.4) is 0 Å². The second-order valence-corrected chi connectivity index (χ2v) is 5.71. The van der Waals surface area contributed by atoms with Gasteiger partial charge in [-0.05, 0) is 32.3 Å². The maximum Gasteiger partial charge on any atom is 0.260 e. The van der Waals surface area contributed by atoms with Crippen molar-refractivity contribution in [2.45, 2.75) is 64.2 Å². The lowest BCUT2D eigenvalue weighted by atomic mass is 10.1. The van der Waals surface area contributed by atoms with Gasteiger partial charge in [-0.3, -0.25) is 4.79 Å². The van der Waals surface area contributed by atoms with Crippen LogP contribution in [0.1, 0.15) is 57.6 Å². The van der Waals surface area contributed by atoms with Gasteiger partial charge in [-0.1, -0.05) is 38.0 Å². The van der Waals surface area contributed by atoms with E-state index >= 15 is 0 Å². The van der Waals surface area contributed by atoms with Crippen LogP contribution in [0, 0.1) is 0 Å². The van der Waals surface area contributed by atoms with E-state index in [-0.39, 0.29) is 5.91 Å². The molecule has 0 aliphatic heterocycles. The van der Waals surface area contributed by atoms with Gasteiger partial charge in [0.25, 0.3) is 5.91 Å². The Hall–Kier alpha value is -1.55. The molecule has 0 bridgehead atoms. The molecule has 2 rings (SSSR count). The van der Waals surface area contributed by atoms with Crippen molar-refractivity contribution in [3.63, 3.8) is 0 Å². The smallest absolute Gasteiger partial charge is 0.260 e. The molecule has 0 saturated heterocycles. The Morgan fingerprint density at radius 1 is 1.38 bits per heavy atom. The van der Waals surface area contributed by atoms with Gasteiger partial charge in [-0.2, -0.15) is 0 Å². The second-order valence-electron chi connectivity index (χ2n) is 5.71. The van der Waals surface area contributed by atoms with E-state index in [0.29, 0.717) is 18.2 Å². The molecule has 1 amide bonds. The van der Waals surface area contributed by atoms with E-state index in [1.165, 1.54) is 12.8 Å². The van der Waals surface area contributed by atoms with Crippen molar-refractivity contribution in [3.8, 4) is 5.75 Å². The van der Waals surface area contributed by atoms with Crippen LogP contribution >= 0.6 is 0 Å². The summed E-state index contributed by atoms with van der Waals surface area (Å²) in [4.78, 5) is 12.2. The highest BCUT2D eigenvalue weighted by atomic mass is 16.5. The van der Waals surface area contributed by atoms with Crippen molar-refractivity contribution < 1.29 is 14.6 Å². The van der Waals surface area contributed by atoms with E-state index in [1.807, 2.05) is 25.1 Å². The van der Waals surface area contributed by atoms with Crippen LogP contribution < -0.4 is 10.1 Å². The normalized spacial score (nSPS) is 18.2. The van der Waals surface area contributed by atoms with E-state index in [2.05, 4.69) is 5.32 Å². The number of carbonyl (C=O) groups is 1. The summed E-state index contributed by atoms with van der Waals surface area (Å²) < 4.78 is 5.77. The Morgan fingerprint density at radius 2 is 2.05 bits per heavy atom. The fourth-order valence-electron chi connectivity index (χ4n) is 2.72. The molecule has 1 aliphatic rings. The number of amides is 1. The number of benzene rings is 1. The van der Waals surface area contributed by atoms with Gasteiger partial charge >= 0.3 is 0 Å². The van der Waals surface area contributed by atoms with Crippen LogP contribution in [-0.2, 0) is 4.79 Å². The number of para-hydroxylation sites is 1. The first-order valence-electron chi connectivity index (χ1n) is 7.85. The zero-order valence-electron chi connectivity index (χ0n) is 12.8. The predicted octanol–water partition coefficient (Wildman–Crippen LogP) is 2.96. The van der Waals surface area contributed by atoms with Crippen LogP contribution in [0.4, 0.5) is 0 Å². The molecule has 2 atom stereocenters. The molecule has 1 fully saturated rings. The van der Waals surface area contributed by atoms with Gasteiger partial charge in [-0.15, -0.1) is 0 Å². The topological polar surface area (TPSA) is 58.6 Å². The summed E-state index contributed by atoms with van der Waals surface area (Å²) in [6.45, 7) is 3.66. The fourth-order valence-corrected chi connectivity index (χ4v) is 2.72. The number of hydrogen-bond donors (Lipinski definition) is 2. The lowest BCUT2D eigenvalue weighted by molar-refractivity contribution is -0.128. The molecule has 1 aromatic carbocycles. The van der Waals surface area contributed by atoms with Gasteiger partial charge in [0.1, 0.15) is 5.75 Å². The van der Waals surface area contributed by atoms with Gasteiger partial charge in [0.15, 0.2) is 6.10 Å². The van der Waals surface area contributed by atoms with E-state index in [4.69, 9.17) is 4.74 Å². The summed E-state index contributed by atoms with van der Waals surface area (Å²) >= 11 is 0. The molecule has 0 aromatic heterocycles. The van der Waals surface area contributed by atoms with Crippen LogP contribution in [0.5, 0.6) is 5.75 Å². The molecule has 116 valence electrons. The third kappa shape index (κ3) is 4.21. The number of carbonyl (C=O) groups excluding carboxylic acids is 1. The quantitative estimate of drug-likeness (QED) is 0.847. The van der Waals surface area contributed by atoms with Crippen molar-refractivity contribution in [2.24, 2.45) is 0 Å². The zero-order chi connectivity index (χ0) is 15.2. The lowest BCUT2D eigenvalue weighted by Crippen LogP contribution is -2.41. The lowest BCUT2D eigenvalue weighted by Gasteiger charge is -2.20. The minimum absolute atomic E-state index is 0.0808. The Kier molecular flexibility index (Phi) is 5.62. The maximum atomic E-state index is 12.2. The summed E-state index contributed by atoms with van der Waals surface area (Å²) in [6, 6.07) is 7.64. The van der Waals surface area contributed by atoms with E-state index < -0.39 is 12.2 Å². The summed E-state index contributed by atoms with van der Waals surface area (Å²) in [6.07, 6.45) is 3.98. The minimum Gasteiger partial charge on any atom is -0.481 e. The first kappa shape index (κ1) is 15.8. The molecule has 0 heterocycles. The van der Waals surface area contributed by atoms with Crippen LogP contribution in [-0.4, -0.2) is 23.2 Å². The molecular formula is C17H25NO3. The third-order valence-corrected chi connectivity index (χ3v) is 4.04. The van der Waals surface area contributed by atoms with Gasteiger partial charge < -0.3 is 15.2 Å². The first-order valence-corrected chi connectivity index (χ1v) is 7.85. The summed E-state index contributed by atoms with van der Waals surface area (Å²) in [5, 5.41) is 13.0. The van der Waals surface area contributed by atoms with E-state index in [9.17, 15) is 9.90 Å². The van der Waals surface area contributed by atoms with Crippen LogP contribution in [0.15, 0.2) is 24.3 Å². The summed E-state index contributed by atoms with van der Waals surface area (Å²) in [7, 11) is 0. The van der Waals surface area contributed by atoms with Crippen molar-refractivity contribution in [1.82, 2.24) is 5.32 Å². The number of hydrogen-bond acceptors (Lipinski definition) is 3. The van der Waals surface area contributed by atoms with Crippen molar-refractivity contribution in [2.75, 3.05) is 0 Å². The van der Waals surface area contributed by atoms with Gasteiger partial charge in [0, 0.05) is 11.6 Å². The highest BCUT2D eigenvalue weighted by Gasteiger charge is 2.22. The van der Waals surface area contributed by atoms with Crippen molar-refractivity contribution in [3.05, 3.63) is 29.8 Å². The standard InChI is InChI=1S/C17H25NO3/c1-3-15(19)14-10-6-7-11-16(14)21-12(2)17(20)18-13-8-4-5-9-13/h6-7,10-13,15,19H,3-5,8-9H2,1-2H3,(H,18,20)/t12?,15-/m0/s1. The fraction of sp³-hybridized carbons (Fsp3) is 0.588. The molecule has 0 spiro atoms. The number of aliphatic hydroxyl groups excluding tert-OH is 1. The van der Waals surface area contributed by atoms with Gasteiger partial charge in [0.2, 0.25) is 0 Å². The molecule has 2 N–H and O–H groups in total. The first-order chi connectivity index (χ1) is 10.1. The average molecular weight is 291 g/mol. The Labute approximate surface area is 126 Å². The highest BCUT2D eigenvalue weighted by Crippen LogP contribution is 2.27.